The van der Waals surface area contributed by atoms with E-state index in [0.29, 0.717) is 25.3 Å². The van der Waals surface area contributed by atoms with Gasteiger partial charge in [-0.25, -0.2) is 8.42 Å². The van der Waals surface area contributed by atoms with Crippen LogP contribution in [0.4, 0.5) is 5.69 Å². The molecule has 1 amide bonds. The van der Waals surface area contributed by atoms with Crippen molar-refractivity contribution in [1.29, 1.82) is 0 Å². The normalized spacial score (nSPS) is 16.4. The quantitative estimate of drug-likeness (QED) is 0.473. The molecule has 1 aromatic rings. The minimum Gasteiger partial charge on any atom is -0.368 e. The number of guanidine groups is 1. The van der Waals surface area contributed by atoms with Crippen LogP contribution in [-0.4, -0.2) is 83.0 Å². The number of hydrogen-bond acceptors (Lipinski definition) is 5. The summed E-state index contributed by atoms with van der Waals surface area (Å²) in [7, 11) is -1.32. The van der Waals surface area contributed by atoms with E-state index in [1.807, 2.05) is 30.0 Å². The summed E-state index contributed by atoms with van der Waals surface area (Å²) in [5.74, 6) is 0.837. The van der Waals surface area contributed by atoms with Gasteiger partial charge in [-0.15, -0.1) is 0 Å². The first-order valence-corrected chi connectivity index (χ1v) is 12.1. The maximum atomic E-state index is 12.5. The first-order valence-electron chi connectivity index (χ1n) is 10.0. The van der Waals surface area contributed by atoms with Crippen LogP contribution in [0.1, 0.15) is 19.8 Å². The SMILES string of the molecule is CN=C(NCCC(=O)N1CCN(c2ccccc2)CC1)NC(C)CCS(C)(=O)=O. The molecule has 1 heterocycles. The molecule has 29 heavy (non-hydrogen) atoms. The van der Waals surface area contributed by atoms with E-state index in [9.17, 15) is 13.2 Å². The zero-order valence-corrected chi connectivity index (χ0v) is 18.4. The number of piperazine rings is 1. The number of aliphatic imine (C=N–C) groups is 1. The molecule has 1 unspecified atom stereocenters. The molecule has 0 aromatic heterocycles. The van der Waals surface area contributed by atoms with E-state index < -0.39 is 9.84 Å². The Kier molecular flexibility index (Phi) is 8.75. The van der Waals surface area contributed by atoms with Gasteiger partial charge in [0.05, 0.1) is 5.75 Å². The summed E-state index contributed by atoms with van der Waals surface area (Å²) in [6.07, 6.45) is 2.13. The van der Waals surface area contributed by atoms with Crippen LogP contribution < -0.4 is 15.5 Å². The second-order valence-corrected chi connectivity index (χ2v) is 9.68. The topological polar surface area (TPSA) is 94.1 Å². The average molecular weight is 424 g/mol. The molecule has 0 radical (unpaired) electrons. The summed E-state index contributed by atoms with van der Waals surface area (Å²) in [5, 5.41) is 6.29. The number of rotatable bonds is 8. The van der Waals surface area contributed by atoms with Gasteiger partial charge < -0.3 is 20.4 Å². The number of benzene rings is 1. The lowest BCUT2D eigenvalue weighted by Crippen LogP contribution is -2.49. The fraction of sp³-hybridized carbons (Fsp3) is 0.600. The molecule has 1 aliphatic rings. The van der Waals surface area contributed by atoms with Crippen LogP contribution in [0.2, 0.25) is 0 Å². The average Bonchev–Trinajstić information content (AvgIpc) is 2.71. The van der Waals surface area contributed by atoms with E-state index in [1.165, 1.54) is 11.9 Å². The van der Waals surface area contributed by atoms with Crippen LogP contribution in [0.3, 0.4) is 0 Å². The molecule has 0 spiro atoms. The molecule has 1 atom stereocenters. The Hall–Kier alpha value is -2.29. The Morgan fingerprint density at radius 2 is 1.83 bits per heavy atom. The van der Waals surface area contributed by atoms with Gasteiger partial charge in [-0.05, 0) is 25.5 Å². The van der Waals surface area contributed by atoms with Crippen LogP contribution in [-0.2, 0) is 14.6 Å². The lowest BCUT2D eigenvalue weighted by Gasteiger charge is -2.36. The molecule has 0 aliphatic carbocycles. The monoisotopic (exact) mass is 423 g/mol. The van der Waals surface area contributed by atoms with Crippen LogP contribution in [0.5, 0.6) is 0 Å². The summed E-state index contributed by atoms with van der Waals surface area (Å²) in [5.41, 5.74) is 1.20. The van der Waals surface area contributed by atoms with E-state index >= 15 is 0 Å². The molecular weight excluding hydrogens is 390 g/mol. The fourth-order valence-corrected chi connectivity index (χ4v) is 3.97. The lowest BCUT2D eigenvalue weighted by molar-refractivity contribution is -0.131. The molecule has 9 heteroatoms. The van der Waals surface area contributed by atoms with Crippen LogP contribution in [0, 0.1) is 0 Å². The second-order valence-electron chi connectivity index (χ2n) is 7.42. The third-order valence-electron chi connectivity index (χ3n) is 4.91. The molecule has 2 rings (SSSR count). The van der Waals surface area contributed by atoms with Crippen molar-refractivity contribution in [3.05, 3.63) is 30.3 Å². The zero-order valence-electron chi connectivity index (χ0n) is 17.6. The van der Waals surface area contributed by atoms with E-state index in [0.717, 1.165) is 26.2 Å². The van der Waals surface area contributed by atoms with E-state index in [-0.39, 0.29) is 17.7 Å². The van der Waals surface area contributed by atoms with Gasteiger partial charge >= 0.3 is 0 Å². The van der Waals surface area contributed by atoms with Gasteiger partial charge in [-0.3, -0.25) is 9.79 Å². The van der Waals surface area contributed by atoms with Gasteiger partial charge in [0.25, 0.3) is 0 Å². The van der Waals surface area contributed by atoms with Crippen molar-refractivity contribution >= 4 is 27.4 Å². The molecule has 0 bridgehead atoms. The van der Waals surface area contributed by atoms with Gasteiger partial charge in [0.2, 0.25) is 5.91 Å². The van der Waals surface area contributed by atoms with E-state index in [1.54, 1.807) is 7.05 Å². The smallest absolute Gasteiger partial charge is 0.224 e. The summed E-state index contributed by atoms with van der Waals surface area (Å²) in [6, 6.07) is 10.2. The molecule has 2 N–H and O–H groups in total. The van der Waals surface area contributed by atoms with Crippen molar-refractivity contribution in [2.45, 2.75) is 25.8 Å². The predicted molar refractivity (Wildman–Crippen MR) is 118 cm³/mol. The van der Waals surface area contributed by atoms with Crippen molar-refractivity contribution in [2.24, 2.45) is 4.99 Å². The van der Waals surface area contributed by atoms with Gasteiger partial charge in [-0.1, -0.05) is 18.2 Å². The zero-order chi connectivity index (χ0) is 21.3. The fourth-order valence-electron chi connectivity index (χ4n) is 3.19. The van der Waals surface area contributed by atoms with Gasteiger partial charge in [0, 0.05) is 64.2 Å². The minimum absolute atomic E-state index is 0.0299. The second kappa shape index (κ2) is 11.0. The Bertz CT molecular complexity index is 775. The Morgan fingerprint density at radius 1 is 1.17 bits per heavy atom. The maximum Gasteiger partial charge on any atom is 0.224 e. The van der Waals surface area contributed by atoms with E-state index in [2.05, 4.69) is 32.7 Å². The Morgan fingerprint density at radius 3 is 2.41 bits per heavy atom. The molecule has 162 valence electrons. The summed E-state index contributed by atoms with van der Waals surface area (Å²) in [4.78, 5) is 20.8. The highest BCUT2D eigenvalue weighted by Gasteiger charge is 2.21. The van der Waals surface area contributed by atoms with Crippen molar-refractivity contribution < 1.29 is 13.2 Å². The molecule has 1 fully saturated rings. The third-order valence-corrected chi connectivity index (χ3v) is 5.89. The van der Waals surface area contributed by atoms with Gasteiger partial charge in [0.1, 0.15) is 9.84 Å². The van der Waals surface area contributed by atoms with Crippen LogP contribution >= 0.6 is 0 Å². The first-order chi connectivity index (χ1) is 13.8. The Balaban J connectivity index is 1.68. The summed E-state index contributed by atoms with van der Waals surface area (Å²) < 4.78 is 22.5. The number of hydrogen-bond donors (Lipinski definition) is 2. The number of para-hydroxylation sites is 1. The van der Waals surface area contributed by atoms with Crippen LogP contribution in [0.15, 0.2) is 35.3 Å². The van der Waals surface area contributed by atoms with Crippen molar-refractivity contribution in [3.8, 4) is 0 Å². The number of nitrogens with one attached hydrogen (secondary N) is 2. The highest BCUT2D eigenvalue weighted by molar-refractivity contribution is 7.90. The number of carbonyl (C=O) groups excluding carboxylic acids is 1. The standard InChI is InChI=1S/C20H33N5O3S/c1-17(10-16-29(3,27)28)23-20(21-2)22-11-9-19(26)25-14-12-24(13-15-25)18-7-5-4-6-8-18/h4-8,17H,9-16H2,1-3H3,(H2,21,22,23). The Labute approximate surface area is 174 Å². The summed E-state index contributed by atoms with van der Waals surface area (Å²) in [6.45, 7) is 5.52. The number of anilines is 1. The van der Waals surface area contributed by atoms with E-state index in [4.69, 9.17) is 0 Å². The van der Waals surface area contributed by atoms with Gasteiger partial charge in [-0.2, -0.15) is 0 Å². The largest absolute Gasteiger partial charge is 0.368 e. The van der Waals surface area contributed by atoms with Crippen molar-refractivity contribution in [3.63, 3.8) is 0 Å². The number of amides is 1. The van der Waals surface area contributed by atoms with Gasteiger partial charge in [0.15, 0.2) is 5.96 Å². The molecule has 1 aromatic carbocycles. The predicted octanol–water partition coefficient (Wildman–Crippen LogP) is 0.714. The maximum absolute atomic E-state index is 12.5. The molecular formula is C20H33N5O3S. The van der Waals surface area contributed by atoms with Crippen LogP contribution in [0.25, 0.3) is 0 Å². The number of carbonyl (C=O) groups is 1. The highest BCUT2D eigenvalue weighted by Crippen LogP contribution is 2.15. The van der Waals surface area contributed by atoms with Crippen molar-refractivity contribution in [1.82, 2.24) is 15.5 Å². The summed E-state index contributed by atoms with van der Waals surface area (Å²) >= 11 is 0. The third kappa shape index (κ3) is 8.31. The lowest BCUT2D eigenvalue weighted by atomic mass is 10.2. The minimum atomic E-state index is -2.98. The first kappa shape index (κ1) is 23.0. The number of nitrogens with zero attached hydrogens (tertiary/aromatic N) is 3. The molecule has 1 aliphatic heterocycles. The van der Waals surface area contributed by atoms with Crippen molar-refractivity contribution in [2.75, 3.05) is 56.7 Å². The highest BCUT2D eigenvalue weighted by atomic mass is 32.2. The molecule has 1 saturated heterocycles. The molecule has 0 saturated carbocycles. The molecule has 8 nitrogen and oxygen atoms in total. The number of sulfone groups is 1.